The number of hydrogen-bond donors (Lipinski definition) is 0. The highest BCUT2D eigenvalue weighted by atomic mass is 32.2. The van der Waals surface area contributed by atoms with Gasteiger partial charge in [-0.05, 0) is 46.7 Å². The summed E-state index contributed by atoms with van der Waals surface area (Å²) in [5.41, 5.74) is 2.38. The highest BCUT2D eigenvalue weighted by Gasteiger charge is 2.34. The molecule has 0 spiro atoms. The van der Waals surface area contributed by atoms with Crippen molar-refractivity contribution in [3.63, 3.8) is 0 Å². The van der Waals surface area contributed by atoms with E-state index < -0.39 is 0 Å². The van der Waals surface area contributed by atoms with Crippen molar-refractivity contribution in [1.82, 2.24) is 9.80 Å². The largest absolute Gasteiger partial charge is 0.490 e. The molecule has 8 heteroatoms. The lowest BCUT2D eigenvalue weighted by Gasteiger charge is -2.35. The van der Waals surface area contributed by atoms with Crippen molar-refractivity contribution in [3.8, 4) is 23.6 Å². The fourth-order valence-electron chi connectivity index (χ4n) is 3.71. The van der Waals surface area contributed by atoms with Crippen molar-refractivity contribution in [1.29, 1.82) is 10.5 Å². The van der Waals surface area contributed by atoms with Crippen LogP contribution in [0.5, 0.6) is 11.5 Å². The van der Waals surface area contributed by atoms with Crippen LogP contribution >= 0.6 is 11.8 Å². The number of likely N-dealkylation sites (N-methyl/N-ethyl adjacent to an activating group) is 2. The lowest BCUT2D eigenvalue weighted by molar-refractivity contribution is 0.251. The average molecular weight is 480 g/mol. The number of nitriles is 2. The maximum atomic E-state index is 10.2. The summed E-state index contributed by atoms with van der Waals surface area (Å²) >= 11 is 1.58. The van der Waals surface area contributed by atoms with Gasteiger partial charge in [-0.3, -0.25) is 0 Å². The molecule has 0 bridgehead atoms. The molecule has 3 rings (SSSR count). The Hall–Kier alpha value is -2.91. The third-order valence-corrected chi connectivity index (χ3v) is 6.66. The topological polar surface area (TPSA) is 75.8 Å². The average Bonchev–Trinajstić information content (AvgIpc) is 2.81. The van der Waals surface area contributed by atoms with Gasteiger partial charge in [0.05, 0.1) is 10.6 Å². The van der Waals surface area contributed by atoms with E-state index in [1.54, 1.807) is 11.8 Å². The van der Waals surface area contributed by atoms with E-state index in [1.807, 2.05) is 50.1 Å². The molecular formula is C26H33N5O2S. The second kappa shape index (κ2) is 12.0. The monoisotopic (exact) mass is 479 g/mol. The molecule has 0 atom stereocenters. The molecule has 0 aromatic heterocycles. The second-order valence-electron chi connectivity index (χ2n) is 8.69. The number of hydrogen-bond acceptors (Lipinski definition) is 8. The van der Waals surface area contributed by atoms with Crippen LogP contribution in [0.4, 0.5) is 11.4 Å². The number of unbranched alkanes of at least 4 members (excludes halogenated alkanes) is 1. The Morgan fingerprint density at radius 2 is 1.50 bits per heavy atom. The van der Waals surface area contributed by atoms with Crippen LogP contribution in [-0.2, 0) is 0 Å². The minimum Gasteiger partial charge on any atom is -0.490 e. The standard InChI is InChI=1S/C26H33N5O2S/c1-6-7-12-31-21-10-8-9-11-22(21)34-26-23(31)24(32-15-13-29(2)3)19(17-27)20(18-28)25(26)33-16-14-30(4)5/h8-11H,6-7,12-16H2,1-5H3. The summed E-state index contributed by atoms with van der Waals surface area (Å²) in [6.45, 7) is 5.16. The predicted octanol–water partition coefficient (Wildman–Crippen LogP) is 4.71. The van der Waals surface area contributed by atoms with Gasteiger partial charge in [0.15, 0.2) is 11.5 Å². The molecule has 0 fully saturated rings. The van der Waals surface area contributed by atoms with Crippen LogP contribution in [0.25, 0.3) is 0 Å². The first-order valence-corrected chi connectivity index (χ1v) is 12.4. The predicted molar refractivity (Wildman–Crippen MR) is 136 cm³/mol. The van der Waals surface area contributed by atoms with Gasteiger partial charge in [0.25, 0.3) is 0 Å². The first kappa shape index (κ1) is 25.7. The third-order valence-electron chi connectivity index (χ3n) is 5.51. The molecule has 1 aliphatic heterocycles. The van der Waals surface area contributed by atoms with Crippen LogP contribution in [0.1, 0.15) is 30.9 Å². The van der Waals surface area contributed by atoms with Crippen LogP contribution in [0, 0.1) is 22.7 Å². The molecule has 0 radical (unpaired) electrons. The minimum atomic E-state index is 0.237. The summed E-state index contributed by atoms with van der Waals surface area (Å²) in [6.07, 6.45) is 2.01. The van der Waals surface area contributed by atoms with E-state index in [0.29, 0.717) is 37.8 Å². The smallest absolute Gasteiger partial charge is 0.163 e. The van der Waals surface area contributed by atoms with Crippen molar-refractivity contribution in [2.45, 2.75) is 29.6 Å². The van der Waals surface area contributed by atoms with E-state index in [4.69, 9.17) is 9.47 Å². The van der Waals surface area contributed by atoms with E-state index in [0.717, 1.165) is 40.6 Å². The fraction of sp³-hybridized carbons (Fsp3) is 0.462. The number of nitrogens with zero attached hydrogens (tertiary/aromatic N) is 5. The SMILES string of the molecule is CCCCN1c2ccccc2Sc2c(OCCN(C)C)c(C#N)c(C#N)c(OCCN(C)C)c21. The van der Waals surface area contributed by atoms with E-state index in [2.05, 4.69) is 36.1 Å². The summed E-state index contributed by atoms with van der Waals surface area (Å²) in [6, 6.07) is 12.7. The van der Waals surface area contributed by atoms with Gasteiger partial charge in [0, 0.05) is 24.5 Å². The van der Waals surface area contributed by atoms with Gasteiger partial charge < -0.3 is 24.2 Å². The lowest BCUT2D eigenvalue weighted by atomic mass is 10.0. The second-order valence-corrected chi connectivity index (χ2v) is 9.74. The molecule has 0 saturated carbocycles. The molecule has 2 aromatic carbocycles. The van der Waals surface area contributed by atoms with Gasteiger partial charge in [-0.25, -0.2) is 0 Å². The fourth-order valence-corrected chi connectivity index (χ4v) is 4.91. The maximum absolute atomic E-state index is 10.2. The van der Waals surface area contributed by atoms with Gasteiger partial charge in [0.1, 0.15) is 42.2 Å². The Labute approximate surface area is 207 Å². The zero-order valence-electron chi connectivity index (χ0n) is 20.7. The molecule has 7 nitrogen and oxygen atoms in total. The van der Waals surface area contributed by atoms with Gasteiger partial charge in [-0.2, -0.15) is 10.5 Å². The lowest BCUT2D eigenvalue weighted by Crippen LogP contribution is -2.26. The summed E-state index contributed by atoms with van der Waals surface area (Å²) in [7, 11) is 7.91. The van der Waals surface area contributed by atoms with E-state index in [-0.39, 0.29) is 11.1 Å². The van der Waals surface area contributed by atoms with Crippen molar-refractivity contribution in [3.05, 3.63) is 35.4 Å². The van der Waals surface area contributed by atoms with Crippen LogP contribution in [0.15, 0.2) is 34.1 Å². The first-order chi connectivity index (χ1) is 16.4. The van der Waals surface area contributed by atoms with Gasteiger partial charge in [-0.1, -0.05) is 37.2 Å². The van der Waals surface area contributed by atoms with Crippen molar-refractivity contribution >= 4 is 23.1 Å². The maximum Gasteiger partial charge on any atom is 0.163 e. The van der Waals surface area contributed by atoms with E-state index in [1.165, 1.54) is 0 Å². The van der Waals surface area contributed by atoms with Gasteiger partial charge in [-0.15, -0.1) is 0 Å². The van der Waals surface area contributed by atoms with Crippen LogP contribution in [0.2, 0.25) is 0 Å². The normalized spacial score (nSPS) is 12.2. The van der Waals surface area contributed by atoms with Crippen molar-refractivity contribution < 1.29 is 9.47 Å². The minimum absolute atomic E-state index is 0.237. The molecule has 1 aliphatic rings. The van der Waals surface area contributed by atoms with Crippen molar-refractivity contribution in [2.75, 3.05) is 65.9 Å². The first-order valence-electron chi connectivity index (χ1n) is 11.6. The molecule has 0 amide bonds. The molecule has 0 saturated heterocycles. The Bertz CT molecular complexity index is 1090. The van der Waals surface area contributed by atoms with Crippen LogP contribution in [-0.4, -0.2) is 70.8 Å². The van der Waals surface area contributed by atoms with E-state index >= 15 is 0 Å². The van der Waals surface area contributed by atoms with Crippen LogP contribution < -0.4 is 14.4 Å². The Morgan fingerprint density at radius 1 is 0.912 bits per heavy atom. The van der Waals surface area contributed by atoms with Gasteiger partial charge in [0.2, 0.25) is 0 Å². The van der Waals surface area contributed by atoms with Gasteiger partial charge >= 0.3 is 0 Å². The quantitative estimate of drug-likeness (QED) is 0.459. The number of benzene rings is 2. The summed E-state index contributed by atoms with van der Waals surface area (Å²) in [5, 5.41) is 20.3. The zero-order valence-corrected chi connectivity index (χ0v) is 21.5. The Morgan fingerprint density at radius 3 is 2.09 bits per heavy atom. The molecule has 2 aromatic rings. The molecule has 1 heterocycles. The highest BCUT2D eigenvalue weighted by Crippen LogP contribution is 2.57. The summed E-state index contributed by atoms with van der Waals surface area (Å²) < 4.78 is 12.5. The Kier molecular flexibility index (Phi) is 9.06. The van der Waals surface area contributed by atoms with Crippen molar-refractivity contribution in [2.24, 2.45) is 0 Å². The van der Waals surface area contributed by atoms with Crippen LogP contribution in [0.3, 0.4) is 0 Å². The number of rotatable bonds is 11. The zero-order chi connectivity index (χ0) is 24.7. The molecule has 34 heavy (non-hydrogen) atoms. The summed E-state index contributed by atoms with van der Waals surface area (Å²) in [4.78, 5) is 8.22. The Balaban J connectivity index is 2.24. The summed E-state index contributed by atoms with van der Waals surface area (Å²) in [5.74, 6) is 0.936. The number of ether oxygens (including phenoxy) is 2. The highest BCUT2D eigenvalue weighted by molar-refractivity contribution is 7.99. The molecule has 0 N–H and O–H groups in total. The third kappa shape index (κ3) is 5.59. The number of para-hydroxylation sites is 1. The number of anilines is 2. The molecule has 0 aliphatic carbocycles. The molecular weight excluding hydrogens is 446 g/mol. The molecule has 0 unspecified atom stereocenters. The molecule has 180 valence electrons. The van der Waals surface area contributed by atoms with E-state index in [9.17, 15) is 10.5 Å². The number of fused-ring (bicyclic) bond motifs is 2.